The van der Waals surface area contributed by atoms with Crippen molar-refractivity contribution in [2.75, 3.05) is 32.7 Å². The fourth-order valence-electron chi connectivity index (χ4n) is 2.79. The fourth-order valence-corrected chi connectivity index (χ4v) is 2.92. The van der Waals surface area contributed by atoms with Crippen molar-refractivity contribution < 1.29 is 9.90 Å². The highest BCUT2D eigenvalue weighted by molar-refractivity contribution is 6.30. The molecule has 1 aliphatic rings. The number of nitrogens with zero attached hydrogens (tertiary/aromatic N) is 1. The van der Waals surface area contributed by atoms with Crippen molar-refractivity contribution in [3.8, 4) is 0 Å². The SMILES string of the molecule is CC(CNC(=O)NCC(O)c1ccc(Cl)cc1)CN1CCCC1. The fraction of sp³-hybridized carbons (Fsp3) is 0.588. The van der Waals surface area contributed by atoms with Gasteiger partial charge in [-0.3, -0.25) is 0 Å². The van der Waals surface area contributed by atoms with Gasteiger partial charge in [0.2, 0.25) is 0 Å². The summed E-state index contributed by atoms with van der Waals surface area (Å²) in [5.74, 6) is 0.417. The van der Waals surface area contributed by atoms with E-state index in [1.165, 1.54) is 25.9 Å². The molecule has 23 heavy (non-hydrogen) atoms. The van der Waals surface area contributed by atoms with E-state index in [-0.39, 0.29) is 12.6 Å². The maximum atomic E-state index is 11.8. The smallest absolute Gasteiger partial charge is 0.314 e. The van der Waals surface area contributed by atoms with Gasteiger partial charge in [0.15, 0.2) is 0 Å². The van der Waals surface area contributed by atoms with Crippen LogP contribution >= 0.6 is 11.6 Å². The van der Waals surface area contributed by atoms with Crippen molar-refractivity contribution in [1.29, 1.82) is 0 Å². The van der Waals surface area contributed by atoms with Crippen LogP contribution in [0.25, 0.3) is 0 Å². The van der Waals surface area contributed by atoms with Crippen molar-refractivity contribution in [2.45, 2.75) is 25.9 Å². The summed E-state index contributed by atoms with van der Waals surface area (Å²) in [5.41, 5.74) is 0.733. The molecule has 128 valence electrons. The van der Waals surface area contributed by atoms with E-state index in [9.17, 15) is 9.90 Å². The van der Waals surface area contributed by atoms with Gasteiger partial charge in [0.05, 0.1) is 6.10 Å². The molecule has 2 atom stereocenters. The zero-order chi connectivity index (χ0) is 16.7. The summed E-state index contributed by atoms with van der Waals surface area (Å²) in [6, 6.07) is 6.71. The molecule has 1 aromatic carbocycles. The number of hydrogen-bond donors (Lipinski definition) is 3. The lowest BCUT2D eigenvalue weighted by molar-refractivity contribution is 0.172. The van der Waals surface area contributed by atoms with Crippen LogP contribution < -0.4 is 10.6 Å². The first kappa shape index (κ1) is 18.0. The summed E-state index contributed by atoms with van der Waals surface area (Å²) in [7, 11) is 0. The lowest BCUT2D eigenvalue weighted by atomic mass is 10.1. The molecule has 2 amide bonds. The van der Waals surface area contributed by atoms with E-state index in [4.69, 9.17) is 11.6 Å². The Morgan fingerprint density at radius 2 is 1.83 bits per heavy atom. The number of benzene rings is 1. The Kier molecular flexibility index (Phi) is 7.15. The van der Waals surface area contributed by atoms with Gasteiger partial charge in [-0.05, 0) is 49.5 Å². The van der Waals surface area contributed by atoms with Crippen LogP contribution in [0.1, 0.15) is 31.4 Å². The number of carbonyl (C=O) groups excluding carboxylic acids is 1. The molecule has 0 saturated carbocycles. The Labute approximate surface area is 143 Å². The maximum Gasteiger partial charge on any atom is 0.314 e. The van der Waals surface area contributed by atoms with E-state index in [0.29, 0.717) is 17.5 Å². The third-order valence-corrected chi connectivity index (χ3v) is 4.34. The first-order chi connectivity index (χ1) is 11.0. The first-order valence-electron chi connectivity index (χ1n) is 8.22. The van der Waals surface area contributed by atoms with Crippen LogP contribution in [-0.4, -0.2) is 48.8 Å². The van der Waals surface area contributed by atoms with Crippen LogP contribution in [0.2, 0.25) is 5.02 Å². The van der Waals surface area contributed by atoms with E-state index in [2.05, 4.69) is 22.5 Å². The predicted molar refractivity (Wildman–Crippen MR) is 92.7 cm³/mol. The molecule has 1 aliphatic heterocycles. The molecule has 0 radical (unpaired) electrons. The van der Waals surface area contributed by atoms with E-state index in [1.807, 2.05) is 0 Å². The number of amides is 2. The molecule has 5 nitrogen and oxygen atoms in total. The van der Waals surface area contributed by atoms with Gasteiger partial charge in [0, 0.05) is 24.7 Å². The summed E-state index contributed by atoms with van der Waals surface area (Å²) in [6.45, 7) is 6.32. The standard InChI is InChI=1S/C17H26ClN3O2/c1-13(12-21-8-2-3-9-21)10-19-17(23)20-11-16(22)14-4-6-15(18)7-5-14/h4-7,13,16,22H,2-3,8-12H2,1H3,(H2,19,20,23). The molecule has 1 fully saturated rings. The largest absolute Gasteiger partial charge is 0.387 e. The highest BCUT2D eigenvalue weighted by Crippen LogP contribution is 2.15. The molecule has 0 aromatic heterocycles. The summed E-state index contributed by atoms with van der Waals surface area (Å²) in [6.07, 6.45) is 1.83. The average molecular weight is 340 g/mol. The molecule has 0 bridgehead atoms. The molecule has 0 spiro atoms. The Morgan fingerprint density at radius 3 is 2.48 bits per heavy atom. The van der Waals surface area contributed by atoms with Crippen molar-refractivity contribution in [3.63, 3.8) is 0 Å². The van der Waals surface area contributed by atoms with Crippen LogP contribution in [0, 0.1) is 5.92 Å². The number of likely N-dealkylation sites (tertiary alicyclic amines) is 1. The molecule has 3 N–H and O–H groups in total. The minimum Gasteiger partial charge on any atom is -0.387 e. The zero-order valence-electron chi connectivity index (χ0n) is 13.6. The number of aliphatic hydroxyl groups is 1. The monoisotopic (exact) mass is 339 g/mol. The van der Waals surface area contributed by atoms with Crippen molar-refractivity contribution in [3.05, 3.63) is 34.9 Å². The second-order valence-corrected chi connectivity index (χ2v) is 6.71. The first-order valence-corrected chi connectivity index (χ1v) is 8.60. The van der Waals surface area contributed by atoms with E-state index in [0.717, 1.165) is 12.1 Å². The van der Waals surface area contributed by atoms with Crippen molar-refractivity contribution >= 4 is 17.6 Å². The Balaban J connectivity index is 1.63. The number of carbonyl (C=O) groups is 1. The van der Waals surface area contributed by atoms with Crippen LogP contribution in [0.4, 0.5) is 4.79 Å². The second kappa shape index (κ2) is 9.11. The highest BCUT2D eigenvalue weighted by Gasteiger charge is 2.15. The quantitative estimate of drug-likeness (QED) is 0.714. The van der Waals surface area contributed by atoms with Crippen LogP contribution in [0.3, 0.4) is 0 Å². The average Bonchev–Trinajstić information content (AvgIpc) is 3.04. The summed E-state index contributed by atoms with van der Waals surface area (Å²) < 4.78 is 0. The van der Waals surface area contributed by atoms with Crippen LogP contribution in [0.15, 0.2) is 24.3 Å². The van der Waals surface area contributed by atoms with Gasteiger partial charge in [-0.1, -0.05) is 30.7 Å². The molecular formula is C17H26ClN3O2. The van der Waals surface area contributed by atoms with Gasteiger partial charge in [0.1, 0.15) is 0 Å². The number of halogens is 1. The number of nitrogens with one attached hydrogen (secondary N) is 2. The lowest BCUT2D eigenvalue weighted by Crippen LogP contribution is -2.41. The van der Waals surface area contributed by atoms with Gasteiger partial charge in [0.25, 0.3) is 0 Å². The van der Waals surface area contributed by atoms with Crippen LogP contribution in [0.5, 0.6) is 0 Å². The number of urea groups is 1. The molecule has 0 aliphatic carbocycles. The van der Waals surface area contributed by atoms with E-state index in [1.54, 1.807) is 24.3 Å². The minimum absolute atomic E-state index is 0.175. The van der Waals surface area contributed by atoms with E-state index >= 15 is 0 Å². The Hall–Kier alpha value is -1.30. The van der Waals surface area contributed by atoms with Gasteiger partial charge in [-0.2, -0.15) is 0 Å². The number of aliphatic hydroxyl groups excluding tert-OH is 1. The lowest BCUT2D eigenvalue weighted by Gasteiger charge is -2.20. The molecule has 6 heteroatoms. The van der Waals surface area contributed by atoms with Gasteiger partial charge in [-0.25, -0.2) is 4.79 Å². The molecule has 1 saturated heterocycles. The molecule has 2 rings (SSSR count). The number of rotatable bonds is 7. The molecule has 1 aromatic rings. The second-order valence-electron chi connectivity index (χ2n) is 6.27. The molecule has 1 heterocycles. The van der Waals surface area contributed by atoms with Crippen LogP contribution in [-0.2, 0) is 0 Å². The number of hydrogen-bond acceptors (Lipinski definition) is 3. The van der Waals surface area contributed by atoms with E-state index < -0.39 is 6.10 Å². The topological polar surface area (TPSA) is 64.6 Å². The van der Waals surface area contributed by atoms with Crippen molar-refractivity contribution in [1.82, 2.24) is 15.5 Å². The highest BCUT2D eigenvalue weighted by atomic mass is 35.5. The summed E-state index contributed by atoms with van der Waals surface area (Å²) >= 11 is 5.81. The maximum absolute atomic E-state index is 11.8. The van der Waals surface area contributed by atoms with Crippen molar-refractivity contribution in [2.24, 2.45) is 5.92 Å². The Morgan fingerprint density at radius 1 is 1.22 bits per heavy atom. The summed E-state index contributed by atoms with van der Waals surface area (Å²) in [5, 5.41) is 16.2. The zero-order valence-corrected chi connectivity index (χ0v) is 14.4. The normalized spacial score (nSPS) is 17.7. The predicted octanol–water partition coefficient (Wildman–Crippen LogP) is 2.40. The third kappa shape index (κ3) is 6.37. The third-order valence-electron chi connectivity index (χ3n) is 4.09. The van der Waals surface area contributed by atoms with Gasteiger partial charge in [-0.15, -0.1) is 0 Å². The van der Waals surface area contributed by atoms with Gasteiger partial charge < -0.3 is 20.6 Å². The summed E-state index contributed by atoms with van der Waals surface area (Å²) in [4.78, 5) is 14.2. The molecular weight excluding hydrogens is 314 g/mol. The molecule has 2 unspecified atom stereocenters. The minimum atomic E-state index is -0.736. The Bertz CT molecular complexity index is 489. The van der Waals surface area contributed by atoms with Gasteiger partial charge >= 0.3 is 6.03 Å².